The van der Waals surface area contributed by atoms with Gasteiger partial charge in [-0.05, 0) is 45.1 Å². The first kappa shape index (κ1) is 24.0. The second-order valence-electron chi connectivity index (χ2n) is 9.56. The van der Waals surface area contributed by atoms with Gasteiger partial charge in [0, 0.05) is 18.6 Å². The molecule has 2 heterocycles. The van der Waals surface area contributed by atoms with Gasteiger partial charge >= 0.3 is 0 Å². The van der Waals surface area contributed by atoms with Crippen molar-refractivity contribution >= 4 is 15.7 Å². The molecule has 4 rings (SSSR count). The van der Waals surface area contributed by atoms with Crippen LogP contribution in [-0.2, 0) is 38.2 Å². The van der Waals surface area contributed by atoms with Gasteiger partial charge in [-0.25, -0.2) is 13.4 Å². The molecule has 1 saturated heterocycles. The Labute approximate surface area is 197 Å². The van der Waals surface area contributed by atoms with Crippen LogP contribution in [0.2, 0.25) is 0 Å². The van der Waals surface area contributed by atoms with Gasteiger partial charge in [0.05, 0.1) is 36.8 Å². The van der Waals surface area contributed by atoms with E-state index < -0.39 is 9.84 Å². The van der Waals surface area contributed by atoms with Crippen LogP contribution in [0.4, 0.5) is 0 Å². The number of hydrogen-bond acceptors (Lipinski definition) is 5. The van der Waals surface area contributed by atoms with Crippen LogP contribution in [0.15, 0.2) is 41.7 Å². The van der Waals surface area contributed by atoms with E-state index in [1.54, 1.807) is 10.8 Å². The highest BCUT2D eigenvalue weighted by molar-refractivity contribution is 7.90. The van der Waals surface area contributed by atoms with E-state index in [0.29, 0.717) is 19.7 Å². The highest BCUT2D eigenvalue weighted by Gasteiger charge is 2.32. The summed E-state index contributed by atoms with van der Waals surface area (Å²) in [6, 6.07) is 9.19. The van der Waals surface area contributed by atoms with Gasteiger partial charge in [0.2, 0.25) is 20.9 Å². The Morgan fingerprint density at radius 2 is 1.88 bits per heavy atom. The lowest BCUT2D eigenvalue weighted by Crippen LogP contribution is -2.40. The van der Waals surface area contributed by atoms with E-state index in [9.17, 15) is 13.2 Å². The second kappa shape index (κ2) is 10.4. The fraction of sp³-hybridized carbons (Fsp3) is 0.600. The Hall–Kier alpha value is -2.19. The van der Waals surface area contributed by atoms with Crippen molar-refractivity contribution < 1.29 is 17.9 Å². The summed E-state index contributed by atoms with van der Waals surface area (Å²) < 4.78 is 34.3. The van der Waals surface area contributed by atoms with Gasteiger partial charge < -0.3 is 14.2 Å². The molecule has 0 N–H and O–H groups in total. The molecule has 7 nitrogen and oxygen atoms in total. The Morgan fingerprint density at radius 1 is 1.15 bits per heavy atom. The van der Waals surface area contributed by atoms with Gasteiger partial charge in [-0.3, -0.25) is 4.79 Å². The molecular formula is C25H35N3O4S. The Kier molecular flexibility index (Phi) is 7.54. The van der Waals surface area contributed by atoms with Crippen LogP contribution in [0.5, 0.6) is 0 Å². The van der Waals surface area contributed by atoms with Crippen molar-refractivity contribution in [1.29, 1.82) is 0 Å². The van der Waals surface area contributed by atoms with Gasteiger partial charge in [0.1, 0.15) is 0 Å². The lowest BCUT2D eigenvalue weighted by Gasteiger charge is -2.30. The van der Waals surface area contributed by atoms with E-state index in [4.69, 9.17) is 4.74 Å². The molecule has 1 aliphatic heterocycles. The first-order valence-corrected chi connectivity index (χ1v) is 13.7. The molecule has 0 radical (unpaired) electrons. The molecule has 1 aromatic heterocycles. The topological polar surface area (TPSA) is 81.5 Å². The number of rotatable bonds is 9. The van der Waals surface area contributed by atoms with Crippen LogP contribution < -0.4 is 0 Å². The molecule has 2 aromatic rings. The third-order valence-corrected chi connectivity index (χ3v) is 8.33. The maximum absolute atomic E-state index is 13.4. The number of sulfone groups is 1. The van der Waals surface area contributed by atoms with Crippen molar-refractivity contribution in [1.82, 2.24) is 14.5 Å². The first-order valence-electron chi connectivity index (χ1n) is 12.1. The zero-order chi connectivity index (χ0) is 23.4. The summed E-state index contributed by atoms with van der Waals surface area (Å²) in [7, 11) is -3.66. The van der Waals surface area contributed by atoms with E-state index in [0.717, 1.165) is 49.8 Å². The smallest absolute Gasteiger partial charge is 0.228 e. The van der Waals surface area contributed by atoms with Crippen molar-refractivity contribution in [2.24, 2.45) is 5.92 Å². The fourth-order valence-electron chi connectivity index (χ4n) is 4.91. The minimum atomic E-state index is -3.66. The molecule has 33 heavy (non-hydrogen) atoms. The molecule has 180 valence electrons. The number of carbonyl (C=O) groups is 1. The van der Waals surface area contributed by atoms with Gasteiger partial charge in [0.25, 0.3) is 0 Å². The normalized spacial score (nSPS) is 19.4. The molecule has 2 fully saturated rings. The number of benzene rings is 1. The fourth-order valence-corrected chi connectivity index (χ4v) is 6.41. The maximum atomic E-state index is 13.4. The summed E-state index contributed by atoms with van der Waals surface area (Å²) in [5.41, 5.74) is 1.48. The Bertz CT molecular complexity index is 1040. The SMILES string of the molecule is CC(C)N(Cc1cnc(S(=O)(=O)Cc2ccccc2)n1C[C@H]1CCCO1)C(=O)C1CCCC1. The molecule has 1 amide bonds. The summed E-state index contributed by atoms with van der Waals surface area (Å²) in [6.07, 6.45) is 7.53. The molecule has 1 aliphatic carbocycles. The van der Waals surface area contributed by atoms with Crippen LogP contribution in [0, 0.1) is 5.92 Å². The molecule has 2 aliphatic rings. The van der Waals surface area contributed by atoms with Gasteiger partial charge in [-0.15, -0.1) is 0 Å². The minimum absolute atomic E-state index is 0.0218. The molecular weight excluding hydrogens is 438 g/mol. The molecule has 0 unspecified atom stereocenters. The molecule has 0 bridgehead atoms. The predicted octanol–water partition coefficient (Wildman–Crippen LogP) is 3.96. The van der Waals surface area contributed by atoms with E-state index >= 15 is 0 Å². The van der Waals surface area contributed by atoms with Gasteiger partial charge in [-0.2, -0.15) is 0 Å². The second-order valence-corrected chi connectivity index (χ2v) is 11.4. The average molecular weight is 474 g/mol. The minimum Gasteiger partial charge on any atom is -0.376 e. The number of aromatic nitrogens is 2. The van der Waals surface area contributed by atoms with Crippen molar-refractivity contribution in [2.45, 2.75) is 88.5 Å². The molecule has 1 saturated carbocycles. The van der Waals surface area contributed by atoms with Crippen LogP contribution >= 0.6 is 0 Å². The monoisotopic (exact) mass is 473 g/mol. The van der Waals surface area contributed by atoms with E-state index in [2.05, 4.69) is 4.98 Å². The number of imidazole rings is 1. The third-order valence-electron chi connectivity index (χ3n) is 6.73. The zero-order valence-corrected chi connectivity index (χ0v) is 20.5. The van der Waals surface area contributed by atoms with E-state index in [1.165, 1.54) is 0 Å². The molecule has 1 aromatic carbocycles. The standard InChI is InChI=1S/C25H35N3O4S/c1-19(2)27(24(29)21-11-6-7-12-21)16-22-15-26-25(28(22)17-23-13-8-14-32-23)33(30,31)18-20-9-4-3-5-10-20/h3-5,9-10,15,19,21,23H,6-8,11-14,16-18H2,1-2H3/t23-/m1/s1. The van der Waals surface area contributed by atoms with E-state index in [1.807, 2.05) is 49.1 Å². The average Bonchev–Trinajstić information content (AvgIpc) is 3.55. The number of hydrogen-bond donors (Lipinski definition) is 0. The Morgan fingerprint density at radius 3 is 2.52 bits per heavy atom. The highest BCUT2D eigenvalue weighted by Crippen LogP contribution is 2.29. The number of ether oxygens (including phenoxy) is 1. The molecule has 0 spiro atoms. The third kappa shape index (κ3) is 5.66. The quantitative estimate of drug-likeness (QED) is 0.551. The van der Waals surface area contributed by atoms with E-state index in [-0.39, 0.29) is 34.9 Å². The van der Waals surface area contributed by atoms with Crippen molar-refractivity contribution in [3.63, 3.8) is 0 Å². The predicted molar refractivity (Wildman–Crippen MR) is 126 cm³/mol. The summed E-state index contributed by atoms with van der Waals surface area (Å²) in [6.45, 7) is 5.51. The van der Waals surface area contributed by atoms with Crippen LogP contribution in [-0.4, -0.2) is 47.5 Å². The summed E-state index contributed by atoms with van der Waals surface area (Å²) in [5, 5.41) is 0.0638. The number of carbonyl (C=O) groups excluding carboxylic acids is 1. The molecule has 1 atom stereocenters. The lowest BCUT2D eigenvalue weighted by atomic mass is 10.1. The summed E-state index contributed by atoms with van der Waals surface area (Å²) in [4.78, 5) is 19.5. The molecule has 8 heteroatoms. The highest BCUT2D eigenvalue weighted by atomic mass is 32.2. The number of amides is 1. The van der Waals surface area contributed by atoms with Crippen LogP contribution in [0.1, 0.15) is 63.6 Å². The van der Waals surface area contributed by atoms with Crippen molar-refractivity contribution in [2.75, 3.05) is 6.61 Å². The lowest BCUT2D eigenvalue weighted by molar-refractivity contribution is -0.137. The largest absolute Gasteiger partial charge is 0.376 e. The van der Waals surface area contributed by atoms with Crippen LogP contribution in [0.25, 0.3) is 0 Å². The number of nitrogens with zero attached hydrogens (tertiary/aromatic N) is 3. The maximum Gasteiger partial charge on any atom is 0.228 e. The summed E-state index contributed by atoms with van der Waals surface area (Å²) in [5.74, 6) is 0.134. The summed E-state index contributed by atoms with van der Waals surface area (Å²) >= 11 is 0. The van der Waals surface area contributed by atoms with Crippen LogP contribution in [0.3, 0.4) is 0 Å². The van der Waals surface area contributed by atoms with Crippen molar-refractivity contribution in [3.05, 3.63) is 47.8 Å². The van der Waals surface area contributed by atoms with Gasteiger partial charge in [-0.1, -0.05) is 43.2 Å². The Balaban J connectivity index is 1.64. The zero-order valence-electron chi connectivity index (χ0n) is 19.7. The van der Waals surface area contributed by atoms with Crippen molar-refractivity contribution in [3.8, 4) is 0 Å². The first-order chi connectivity index (χ1) is 15.8. The van der Waals surface area contributed by atoms with Gasteiger partial charge in [0.15, 0.2) is 0 Å².